The molecule has 0 unspecified atom stereocenters. The number of aromatic nitrogens is 3. The second-order valence-corrected chi connectivity index (χ2v) is 6.15. The maximum Gasteiger partial charge on any atom is 0.180 e. The first-order valence-corrected chi connectivity index (χ1v) is 7.61. The van der Waals surface area contributed by atoms with Gasteiger partial charge in [0.15, 0.2) is 12.0 Å². The zero-order chi connectivity index (χ0) is 14.2. The minimum atomic E-state index is 0.810. The molecule has 3 aromatic heterocycles. The highest BCUT2D eigenvalue weighted by atomic mass is 79.9. The van der Waals surface area contributed by atoms with E-state index in [4.69, 9.17) is 9.40 Å². The maximum absolute atomic E-state index is 5.03. The molecule has 0 N–H and O–H groups in total. The van der Waals surface area contributed by atoms with E-state index in [9.17, 15) is 0 Å². The number of oxazole rings is 1. The fraction of sp³-hybridized carbons (Fsp3) is 0.267. The topological polar surface area (TPSA) is 55.1 Å². The minimum Gasteiger partial charge on any atom is -0.451 e. The lowest BCUT2D eigenvalue weighted by Crippen LogP contribution is -2.30. The van der Waals surface area contributed by atoms with Crippen molar-refractivity contribution in [1.29, 1.82) is 0 Å². The van der Waals surface area contributed by atoms with Crippen LogP contribution in [0.4, 0.5) is 0 Å². The Morgan fingerprint density at radius 3 is 3.10 bits per heavy atom. The van der Waals surface area contributed by atoms with Crippen molar-refractivity contribution in [2.24, 2.45) is 0 Å². The van der Waals surface area contributed by atoms with Gasteiger partial charge in [-0.15, -0.1) is 0 Å². The van der Waals surface area contributed by atoms with Crippen LogP contribution >= 0.6 is 15.9 Å². The lowest BCUT2D eigenvalue weighted by atomic mass is 10.0. The van der Waals surface area contributed by atoms with Crippen LogP contribution < -0.4 is 0 Å². The molecule has 0 aromatic carbocycles. The van der Waals surface area contributed by atoms with Crippen LogP contribution in [0.1, 0.15) is 17.0 Å². The summed E-state index contributed by atoms with van der Waals surface area (Å²) in [5, 5.41) is 1.08. The molecular formula is C15H13BrN4O. The lowest BCUT2D eigenvalue weighted by molar-refractivity contribution is 0.241. The van der Waals surface area contributed by atoms with Crippen LogP contribution in [0.25, 0.3) is 11.0 Å². The summed E-state index contributed by atoms with van der Waals surface area (Å²) in [4.78, 5) is 15.6. The van der Waals surface area contributed by atoms with Crippen LogP contribution in [0, 0.1) is 0 Å². The molecule has 1 aliphatic heterocycles. The van der Waals surface area contributed by atoms with Gasteiger partial charge < -0.3 is 4.42 Å². The third-order valence-corrected chi connectivity index (χ3v) is 4.16. The van der Waals surface area contributed by atoms with Crippen LogP contribution in [0.15, 0.2) is 39.9 Å². The molecule has 4 rings (SSSR count). The summed E-state index contributed by atoms with van der Waals surface area (Å²) in [5.74, 6) is 0. The predicted octanol–water partition coefficient (Wildman–Crippen LogP) is 2.94. The highest BCUT2D eigenvalue weighted by Crippen LogP contribution is 2.24. The van der Waals surface area contributed by atoms with Crippen molar-refractivity contribution in [2.75, 3.05) is 6.54 Å². The van der Waals surface area contributed by atoms with Gasteiger partial charge in [0.1, 0.15) is 6.26 Å². The standard InChI is InChI=1S/C15H13BrN4O/c16-12-4-10-3-11-6-20(7-13-8-21-9-18-13)2-1-14(11)19-15(10)17-5-12/h3-5,8-9H,1-2,6-7H2. The smallest absolute Gasteiger partial charge is 0.180 e. The molecule has 0 saturated carbocycles. The van der Waals surface area contributed by atoms with Crippen LogP contribution in [-0.4, -0.2) is 26.4 Å². The van der Waals surface area contributed by atoms with Gasteiger partial charge in [0.2, 0.25) is 0 Å². The Balaban J connectivity index is 1.64. The van der Waals surface area contributed by atoms with Crippen LogP contribution in [-0.2, 0) is 19.5 Å². The van der Waals surface area contributed by atoms with Gasteiger partial charge >= 0.3 is 0 Å². The summed E-state index contributed by atoms with van der Waals surface area (Å²) >= 11 is 3.46. The number of nitrogens with zero attached hydrogens (tertiary/aromatic N) is 4. The Morgan fingerprint density at radius 2 is 2.24 bits per heavy atom. The van der Waals surface area contributed by atoms with E-state index in [0.29, 0.717) is 0 Å². The molecule has 0 saturated heterocycles. The van der Waals surface area contributed by atoms with Gasteiger partial charge in [-0.25, -0.2) is 15.0 Å². The highest BCUT2D eigenvalue weighted by molar-refractivity contribution is 9.10. The van der Waals surface area contributed by atoms with Crippen molar-refractivity contribution in [3.8, 4) is 0 Å². The number of rotatable bonds is 2. The predicted molar refractivity (Wildman–Crippen MR) is 81.6 cm³/mol. The van der Waals surface area contributed by atoms with E-state index in [2.05, 4.69) is 42.9 Å². The summed E-state index contributed by atoms with van der Waals surface area (Å²) < 4.78 is 6.01. The van der Waals surface area contributed by atoms with Crippen molar-refractivity contribution < 1.29 is 4.42 Å². The van der Waals surface area contributed by atoms with E-state index in [0.717, 1.165) is 52.9 Å². The average Bonchev–Trinajstić information content (AvgIpc) is 2.98. The minimum absolute atomic E-state index is 0.810. The first kappa shape index (κ1) is 12.9. The van der Waals surface area contributed by atoms with Crippen molar-refractivity contribution >= 4 is 27.0 Å². The van der Waals surface area contributed by atoms with E-state index < -0.39 is 0 Å². The highest BCUT2D eigenvalue weighted by Gasteiger charge is 2.19. The Kier molecular flexibility index (Phi) is 3.20. The van der Waals surface area contributed by atoms with Gasteiger partial charge in [-0.3, -0.25) is 4.90 Å². The summed E-state index contributed by atoms with van der Waals surface area (Å²) in [6.07, 6.45) is 5.92. The van der Waals surface area contributed by atoms with Gasteiger partial charge in [0, 0.05) is 47.8 Å². The Morgan fingerprint density at radius 1 is 1.29 bits per heavy atom. The SMILES string of the molecule is Brc1cnc2nc3c(cc2c1)CN(Cc1cocn1)CC3. The number of halogens is 1. The summed E-state index contributed by atoms with van der Waals surface area (Å²) in [5.41, 5.74) is 4.23. The fourth-order valence-corrected chi connectivity index (χ4v) is 3.08. The monoisotopic (exact) mass is 344 g/mol. The fourth-order valence-electron chi connectivity index (χ4n) is 2.74. The van der Waals surface area contributed by atoms with Gasteiger partial charge in [-0.2, -0.15) is 0 Å². The van der Waals surface area contributed by atoms with Gasteiger partial charge in [0.25, 0.3) is 0 Å². The van der Waals surface area contributed by atoms with Gasteiger partial charge in [-0.05, 0) is 33.6 Å². The molecule has 3 aromatic rings. The van der Waals surface area contributed by atoms with E-state index in [1.54, 1.807) is 12.5 Å². The molecule has 0 radical (unpaired) electrons. The molecule has 1 aliphatic rings. The largest absolute Gasteiger partial charge is 0.451 e. The molecule has 106 valence electrons. The molecule has 4 heterocycles. The van der Waals surface area contributed by atoms with Gasteiger partial charge in [0.05, 0.1) is 5.69 Å². The zero-order valence-corrected chi connectivity index (χ0v) is 12.9. The summed E-state index contributed by atoms with van der Waals surface area (Å²) in [7, 11) is 0. The second kappa shape index (κ2) is 5.20. The second-order valence-electron chi connectivity index (χ2n) is 5.23. The van der Waals surface area contributed by atoms with Crippen LogP contribution in [0.3, 0.4) is 0 Å². The maximum atomic E-state index is 5.03. The van der Waals surface area contributed by atoms with E-state index in [1.165, 1.54) is 12.0 Å². The van der Waals surface area contributed by atoms with Crippen molar-refractivity contribution in [2.45, 2.75) is 19.5 Å². The van der Waals surface area contributed by atoms with Crippen LogP contribution in [0.5, 0.6) is 0 Å². The number of fused-ring (bicyclic) bond motifs is 2. The average molecular weight is 345 g/mol. The van der Waals surface area contributed by atoms with Gasteiger partial charge in [-0.1, -0.05) is 0 Å². The van der Waals surface area contributed by atoms with Crippen molar-refractivity contribution in [3.05, 3.63) is 52.4 Å². The molecule has 0 bridgehead atoms. The summed E-state index contributed by atoms with van der Waals surface area (Å²) in [6, 6.07) is 4.26. The molecule has 0 amide bonds. The number of hydrogen-bond acceptors (Lipinski definition) is 5. The van der Waals surface area contributed by atoms with Crippen molar-refractivity contribution in [1.82, 2.24) is 19.9 Å². The van der Waals surface area contributed by atoms with E-state index >= 15 is 0 Å². The molecule has 5 nitrogen and oxygen atoms in total. The third kappa shape index (κ3) is 2.56. The lowest BCUT2D eigenvalue weighted by Gasteiger charge is -2.27. The zero-order valence-electron chi connectivity index (χ0n) is 11.3. The third-order valence-electron chi connectivity index (χ3n) is 3.73. The first-order chi connectivity index (χ1) is 10.3. The molecule has 6 heteroatoms. The molecule has 0 aliphatic carbocycles. The van der Waals surface area contributed by atoms with E-state index in [-0.39, 0.29) is 0 Å². The number of pyridine rings is 2. The van der Waals surface area contributed by atoms with E-state index in [1.807, 2.05) is 0 Å². The van der Waals surface area contributed by atoms with Crippen LogP contribution in [0.2, 0.25) is 0 Å². The Labute approximate surface area is 130 Å². The normalized spacial score (nSPS) is 15.3. The molecule has 0 atom stereocenters. The Hall–Kier alpha value is -1.79. The molecular weight excluding hydrogens is 332 g/mol. The molecule has 21 heavy (non-hydrogen) atoms. The molecule has 0 spiro atoms. The Bertz CT molecular complexity index is 788. The van der Waals surface area contributed by atoms with Crippen molar-refractivity contribution in [3.63, 3.8) is 0 Å². The molecule has 0 fully saturated rings. The quantitative estimate of drug-likeness (QED) is 0.715. The summed E-state index contributed by atoms with van der Waals surface area (Å²) in [6.45, 7) is 2.68. The number of hydrogen-bond donors (Lipinski definition) is 0. The first-order valence-electron chi connectivity index (χ1n) is 6.81.